The van der Waals surface area contributed by atoms with Gasteiger partial charge in [-0.3, -0.25) is 4.79 Å². The largest absolute Gasteiger partial charge is 0.338 e. The van der Waals surface area contributed by atoms with E-state index in [-0.39, 0.29) is 16.6 Å². The zero-order valence-electron chi connectivity index (χ0n) is 14.2. The van der Waals surface area contributed by atoms with Gasteiger partial charge in [-0.2, -0.15) is 0 Å². The second-order valence-corrected chi connectivity index (χ2v) is 9.70. The summed E-state index contributed by atoms with van der Waals surface area (Å²) >= 11 is 0. The van der Waals surface area contributed by atoms with E-state index in [1.54, 1.807) is 24.3 Å². The smallest absolute Gasteiger partial charge is 0.253 e. The maximum Gasteiger partial charge on any atom is 0.253 e. The Morgan fingerprint density at radius 1 is 1.25 bits per heavy atom. The molecule has 132 valence electrons. The van der Waals surface area contributed by atoms with Crippen molar-refractivity contribution in [3.8, 4) is 0 Å². The Labute approximate surface area is 144 Å². The van der Waals surface area contributed by atoms with Gasteiger partial charge in [0.15, 0.2) is 9.84 Å². The van der Waals surface area contributed by atoms with E-state index < -0.39 is 9.84 Å². The first-order chi connectivity index (χ1) is 11.4. The molecule has 1 aliphatic carbocycles. The van der Waals surface area contributed by atoms with E-state index in [1.165, 1.54) is 0 Å². The van der Waals surface area contributed by atoms with Crippen molar-refractivity contribution in [2.24, 2.45) is 11.1 Å². The van der Waals surface area contributed by atoms with E-state index >= 15 is 0 Å². The number of benzene rings is 1. The van der Waals surface area contributed by atoms with Crippen LogP contribution in [0.15, 0.2) is 29.2 Å². The van der Waals surface area contributed by atoms with Crippen molar-refractivity contribution in [3.05, 3.63) is 29.8 Å². The number of likely N-dealkylation sites (tertiary alicyclic amines) is 1. The van der Waals surface area contributed by atoms with E-state index in [0.29, 0.717) is 30.1 Å². The second kappa shape index (κ2) is 6.48. The summed E-state index contributed by atoms with van der Waals surface area (Å²) in [4.78, 5) is 14.7. The number of rotatable bonds is 4. The van der Waals surface area contributed by atoms with Gasteiger partial charge >= 0.3 is 0 Å². The molecule has 1 atom stereocenters. The average molecular weight is 350 g/mol. The van der Waals surface area contributed by atoms with E-state index in [2.05, 4.69) is 6.92 Å². The molecule has 5 nitrogen and oxygen atoms in total. The Bertz CT molecular complexity index is 708. The molecule has 24 heavy (non-hydrogen) atoms. The molecule has 1 aromatic rings. The average Bonchev–Trinajstić information content (AvgIpc) is 3.25. The van der Waals surface area contributed by atoms with E-state index in [1.807, 2.05) is 4.90 Å². The van der Waals surface area contributed by atoms with Crippen LogP contribution < -0.4 is 5.73 Å². The molecule has 1 unspecified atom stereocenters. The molecule has 0 aromatic heterocycles. The molecule has 1 heterocycles. The van der Waals surface area contributed by atoms with Crippen LogP contribution in [0.4, 0.5) is 0 Å². The quantitative estimate of drug-likeness (QED) is 0.903. The summed E-state index contributed by atoms with van der Waals surface area (Å²) in [5.41, 5.74) is 6.32. The van der Waals surface area contributed by atoms with Crippen LogP contribution in [0.2, 0.25) is 0 Å². The lowest BCUT2D eigenvalue weighted by atomic mass is 9.90. The number of amides is 1. The number of nitrogens with two attached hydrogens (primary N) is 1. The molecule has 1 saturated carbocycles. The maximum absolute atomic E-state index is 12.6. The van der Waals surface area contributed by atoms with Gasteiger partial charge in [-0.05, 0) is 55.5 Å². The normalized spacial score (nSPS) is 25.3. The Hall–Kier alpha value is -1.40. The lowest BCUT2D eigenvalue weighted by molar-refractivity contribution is 0.0777. The number of hydrogen-bond donors (Lipinski definition) is 1. The summed E-state index contributed by atoms with van der Waals surface area (Å²) in [6.07, 6.45) is 4.36. The third kappa shape index (κ3) is 3.22. The Kier molecular flexibility index (Phi) is 4.71. The minimum Gasteiger partial charge on any atom is -0.338 e. The Morgan fingerprint density at radius 3 is 2.42 bits per heavy atom. The molecule has 0 spiro atoms. The molecule has 0 bridgehead atoms. The zero-order chi connectivity index (χ0) is 17.4. The minimum absolute atomic E-state index is 0.0125. The van der Waals surface area contributed by atoms with Crippen molar-refractivity contribution >= 4 is 15.7 Å². The van der Waals surface area contributed by atoms with Crippen LogP contribution in [-0.4, -0.2) is 44.1 Å². The molecule has 1 aliphatic heterocycles. The van der Waals surface area contributed by atoms with E-state index in [4.69, 9.17) is 5.73 Å². The van der Waals surface area contributed by atoms with Crippen molar-refractivity contribution in [2.75, 3.05) is 19.6 Å². The van der Waals surface area contributed by atoms with Crippen molar-refractivity contribution in [2.45, 2.75) is 49.2 Å². The molecule has 0 radical (unpaired) electrons. The van der Waals surface area contributed by atoms with Crippen molar-refractivity contribution < 1.29 is 13.2 Å². The lowest BCUT2D eigenvalue weighted by Crippen LogP contribution is -2.34. The fourth-order valence-electron chi connectivity index (χ4n) is 3.72. The highest BCUT2D eigenvalue weighted by Gasteiger charge is 2.35. The Morgan fingerprint density at radius 2 is 1.88 bits per heavy atom. The number of nitrogens with zero attached hydrogens (tertiary/aromatic N) is 1. The molecule has 2 N–H and O–H groups in total. The fourth-order valence-corrected chi connectivity index (χ4v) is 5.58. The van der Waals surface area contributed by atoms with Crippen LogP contribution in [-0.2, 0) is 9.84 Å². The number of carbonyl (C=O) groups is 1. The lowest BCUT2D eigenvalue weighted by Gasteiger charge is -2.22. The van der Waals surface area contributed by atoms with Crippen LogP contribution in [0.3, 0.4) is 0 Å². The van der Waals surface area contributed by atoms with Crippen molar-refractivity contribution in [1.82, 2.24) is 4.90 Å². The molecule has 3 rings (SSSR count). The molecule has 1 saturated heterocycles. The first-order valence-corrected chi connectivity index (χ1v) is 10.2. The topological polar surface area (TPSA) is 80.5 Å². The van der Waals surface area contributed by atoms with Gasteiger partial charge in [0.25, 0.3) is 5.91 Å². The zero-order valence-corrected chi connectivity index (χ0v) is 15.0. The predicted octanol–water partition coefficient (Wildman–Crippen LogP) is 2.21. The van der Waals surface area contributed by atoms with Crippen LogP contribution in [0.25, 0.3) is 0 Å². The van der Waals surface area contributed by atoms with Gasteiger partial charge in [-0.25, -0.2) is 8.42 Å². The molecule has 1 aromatic carbocycles. The van der Waals surface area contributed by atoms with Gasteiger partial charge in [-0.1, -0.05) is 19.8 Å². The molecule has 2 fully saturated rings. The summed E-state index contributed by atoms with van der Waals surface area (Å²) in [6, 6.07) is 6.45. The van der Waals surface area contributed by atoms with Crippen LogP contribution in [0.1, 0.15) is 49.4 Å². The van der Waals surface area contributed by atoms with Crippen molar-refractivity contribution in [3.63, 3.8) is 0 Å². The summed E-state index contributed by atoms with van der Waals surface area (Å²) in [6.45, 7) is 4.02. The third-order valence-corrected chi connectivity index (χ3v) is 7.79. The summed E-state index contributed by atoms with van der Waals surface area (Å²) in [5.74, 6) is -0.0445. The predicted molar refractivity (Wildman–Crippen MR) is 93.6 cm³/mol. The summed E-state index contributed by atoms with van der Waals surface area (Å²) in [5, 5.41) is -0.261. The molecule has 6 heteroatoms. The highest BCUT2D eigenvalue weighted by atomic mass is 32.2. The van der Waals surface area contributed by atoms with Gasteiger partial charge in [0.05, 0.1) is 10.1 Å². The maximum atomic E-state index is 12.6. The highest BCUT2D eigenvalue weighted by molar-refractivity contribution is 7.92. The van der Waals surface area contributed by atoms with Gasteiger partial charge in [0.1, 0.15) is 0 Å². The molecular weight excluding hydrogens is 324 g/mol. The van der Waals surface area contributed by atoms with E-state index in [0.717, 1.165) is 32.1 Å². The second-order valence-electron chi connectivity index (χ2n) is 7.47. The summed E-state index contributed by atoms with van der Waals surface area (Å²) in [7, 11) is -3.26. The van der Waals surface area contributed by atoms with Gasteiger partial charge in [0, 0.05) is 18.7 Å². The monoisotopic (exact) mass is 350 g/mol. The highest BCUT2D eigenvalue weighted by Crippen LogP contribution is 2.31. The summed E-state index contributed by atoms with van der Waals surface area (Å²) < 4.78 is 25.2. The number of carbonyl (C=O) groups excluding carboxylic acids is 1. The third-order valence-electron chi connectivity index (χ3n) is 5.51. The van der Waals surface area contributed by atoms with Crippen LogP contribution in [0, 0.1) is 5.41 Å². The molecular formula is C18H26N2O3S. The van der Waals surface area contributed by atoms with E-state index in [9.17, 15) is 13.2 Å². The molecule has 2 aliphatic rings. The molecule has 1 amide bonds. The number of sulfone groups is 1. The standard InChI is InChI=1S/C18H26N2O3S/c1-18(12-19)10-11-20(13-18)17(21)14-6-8-16(9-7-14)24(22,23)15-4-2-3-5-15/h6-9,15H,2-5,10-13,19H2,1H3. The first kappa shape index (κ1) is 17.4. The van der Waals surface area contributed by atoms with Crippen molar-refractivity contribution in [1.29, 1.82) is 0 Å². The fraction of sp³-hybridized carbons (Fsp3) is 0.611. The van der Waals surface area contributed by atoms with Gasteiger partial charge in [0.2, 0.25) is 0 Å². The van der Waals surface area contributed by atoms with Crippen LogP contribution >= 0.6 is 0 Å². The first-order valence-electron chi connectivity index (χ1n) is 8.69. The number of hydrogen-bond acceptors (Lipinski definition) is 4. The minimum atomic E-state index is -3.26. The van der Waals surface area contributed by atoms with Crippen LogP contribution in [0.5, 0.6) is 0 Å². The van der Waals surface area contributed by atoms with Gasteiger partial charge in [-0.15, -0.1) is 0 Å². The SMILES string of the molecule is CC1(CN)CCN(C(=O)c2ccc(S(=O)(=O)C3CCCC3)cc2)C1. The van der Waals surface area contributed by atoms with Gasteiger partial charge < -0.3 is 10.6 Å². The Balaban J connectivity index is 1.74.